The molecule has 0 aromatic heterocycles. The highest BCUT2D eigenvalue weighted by Gasteiger charge is 2.39. The molecule has 1 aliphatic rings. The van der Waals surface area contributed by atoms with Crippen LogP contribution in [0, 0.1) is 0 Å². The Labute approximate surface area is 58.3 Å². The van der Waals surface area contributed by atoms with E-state index in [4.69, 9.17) is 10.8 Å². The van der Waals surface area contributed by atoms with Crippen LogP contribution in [0.25, 0.3) is 0 Å². The summed E-state index contributed by atoms with van der Waals surface area (Å²) in [5.41, 5.74) is 4.02. The first-order chi connectivity index (χ1) is 4.45. The van der Waals surface area contributed by atoms with Gasteiger partial charge >= 0.3 is 5.97 Å². The van der Waals surface area contributed by atoms with Crippen LogP contribution >= 0.6 is 0 Å². The molecule has 0 bridgehead atoms. The summed E-state index contributed by atoms with van der Waals surface area (Å²) >= 11 is 0. The van der Waals surface area contributed by atoms with Crippen molar-refractivity contribution in [1.82, 2.24) is 0 Å². The minimum atomic E-state index is -0.943. The van der Waals surface area contributed by atoms with Gasteiger partial charge in [-0.15, -0.1) is 0 Å². The number of hydrogen-bond donors (Lipinski definition) is 2. The second kappa shape index (κ2) is 1.65. The standard InChI is InChI=1S/C6H9NO3/c1-6(2)4(8)3(7)5(9)10-6/h8H,7H2,1-2H3. The summed E-state index contributed by atoms with van der Waals surface area (Å²) in [7, 11) is 0. The van der Waals surface area contributed by atoms with Crippen molar-refractivity contribution in [2.45, 2.75) is 19.4 Å². The predicted octanol–water partition coefficient (Wildman–Crippen LogP) is 0.0501. The van der Waals surface area contributed by atoms with E-state index >= 15 is 0 Å². The van der Waals surface area contributed by atoms with E-state index in [1.807, 2.05) is 0 Å². The van der Waals surface area contributed by atoms with Crippen molar-refractivity contribution in [1.29, 1.82) is 0 Å². The average Bonchev–Trinajstić information content (AvgIpc) is 1.95. The zero-order valence-corrected chi connectivity index (χ0v) is 5.84. The van der Waals surface area contributed by atoms with Gasteiger partial charge in [0.1, 0.15) is 0 Å². The zero-order valence-electron chi connectivity index (χ0n) is 5.84. The second-order valence-electron chi connectivity index (χ2n) is 2.66. The van der Waals surface area contributed by atoms with Crippen molar-refractivity contribution >= 4 is 5.97 Å². The Morgan fingerprint density at radius 2 is 2.10 bits per heavy atom. The summed E-state index contributed by atoms with van der Waals surface area (Å²) in [5, 5.41) is 9.10. The van der Waals surface area contributed by atoms with Gasteiger partial charge in [-0.1, -0.05) is 0 Å². The second-order valence-corrected chi connectivity index (χ2v) is 2.66. The fraction of sp³-hybridized carbons (Fsp3) is 0.500. The van der Waals surface area contributed by atoms with Gasteiger partial charge in [-0.25, -0.2) is 4.79 Å². The third kappa shape index (κ3) is 0.725. The number of carbonyl (C=O) groups excluding carboxylic acids is 1. The third-order valence-electron chi connectivity index (χ3n) is 1.39. The van der Waals surface area contributed by atoms with Crippen LogP contribution in [0.5, 0.6) is 0 Å². The summed E-state index contributed by atoms with van der Waals surface area (Å²) in [6, 6.07) is 0. The highest BCUT2D eigenvalue weighted by atomic mass is 16.6. The number of esters is 1. The molecule has 0 saturated carbocycles. The van der Waals surface area contributed by atoms with Crippen LogP contribution in [-0.2, 0) is 9.53 Å². The minimum absolute atomic E-state index is 0.183. The molecule has 1 rings (SSSR count). The van der Waals surface area contributed by atoms with Crippen LogP contribution in [0.4, 0.5) is 0 Å². The fourth-order valence-electron chi connectivity index (χ4n) is 0.756. The molecule has 3 N–H and O–H groups in total. The summed E-state index contributed by atoms with van der Waals surface area (Å²) in [6.45, 7) is 3.14. The molecule has 0 aliphatic carbocycles. The molecule has 0 unspecified atom stereocenters. The first-order valence-corrected chi connectivity index (χ1v) is 2.87. The molecule has 0 atom stereocenters. The molecule has 10 heavy (non-hydrogen) atoms. The lowest BCUT2D eigenvalue weighted by atomic mass is 10.1. The first kappa shape index (κ1) is 6.92. The summed E-state index contributed by atoms with van der Waals surface area (Å²) < 4.78 is 4.69. The van der Waals surface area contributed by atoms with E-state index < -0.39 is 11.6 Å². The summed E-state index contributed by atoms with van der Waals surface area (Å²) in [6.07, 6.45) is 0. The Bertz CT molecular complexity index is 217. The molecule has 0 radical (unpaired) electrons. The van der Waals surface area contributed by atoms with Crippen molar-refractivity contribution in [3.8, 4) is 0 Å². The van der Waals surface area contributed by atoms with Gasteiger partial charge in [-0.2, -0.15) is 0 Å². The fourth-order valence-corrected chi connectivity index (χ4v) is 0.756. The Hall–Kier alpha value is -1.19. The number of rotatable bonds is 0. The number of carbonyl (C=O) groups is 1. The lowest BCUT2D eigenvalue weighted by Crippen LogP contribution is -2.22. The maximum atomic E-state index is 10.6. The topological polar surface area (TPSA) is 72.5 Å². The van der Waals surface area contributed by atoms with Crippen LogP contribution in [-0.4, -0.2) is 16.7 Å². The van der Waals surface area contributed by atoms with E-state index in [1.165, 1.54) is 0 Å². The highest BCUT2D eigenvalue weighted by Crippen LogP contribution is 2.27. The van der Waals surface area contributed by atoms with Crippen LogP contribution < -0.4 is 5.73 Å². The Kier molecular flexibility index (Phi) is 1.14. The molecule has 56 valence electrons. The van der Waals surface area contributed by atoms with Gasteiger partial charge in [0.05, 0.1) is 0 Å². The summed E-state index contributed by atoms with van der Waals surface area (Å²) in [4.78, 5) is 10.6. The summed E-state index contributed by atoms with van der Waals surface area (Å²) in [5.74, 6) is -0.833. The molecule has 0 aromatic carbocycles. The van der Waals surface area contributed by atoms with E-state index in [0.29, 0.717) is 0 Å². The maximum Gasteiger partial charge on any atom is 0.358 e. The molecular formula is C6H9NO3. The van der Waals surface area contributed by atoms with Crippen molar-refractivity contribution < 1.29 is 14.6 Å². The molecule has 0 saturated heterocycles. The molecule has 1 aliphatic heterocycles. The number of hydrogen-bond acceptors (Lipinski definition) is 4. The van der Waals surface area contributed by atoms with Crippen molar-refractivity contribution in [2.24, 2.45) is 5.73 Å². The minimum Gasteiger partial charge on any atom is -0.506 e. The van der Waals surface area contributed by atoms with E-state index in [2.05, 4.69) is 4.74 Å². The van der Waals surface area contributed by atoms with Crippen molar-refractivity contribution in [2.75, 3.05) is 0 Å². The van der Waals surface area contributed by atoms with Crippen LogP contribution in [0.2, 0.25) is 0 Å². The number of cyclic esters (lactones) is 1. The average molecular weight is 143 g/mol. The Morgan fingerprint density at radius 3 is 2.20 bits per heavy atom. The van der Waals surface area contributed by atoms with E-state index in [1.54, 1.807) is 13.8 Å². The van der Waals surface area contributed by atoms with Gasteiger partial charge in [0.25, 0.3) is 0 Å². The van der Waals surface area contributed by atoms with Gasteiger partial charge in [-0.3, -0.25) is 0 Å². The number of nitrogens with two attached hydrogens (primary N) is 1. The Morgan fingerprint density at radius 1 is 1.60 bits per heavy atom. The molecule has 0 amide bonds. The maximum absolute atomic E-state index is 10.6. The quantitative estimate of drug-likeness (QED) is 0.470. The van der Waals surface area contributed by atoms with Gasteiger partial charge < -0.3 is 15.6 Å². The van der Waals surface area contributed by atoms with Crippen LogP contribution in [0.15, 0.2) is 11.5 Å². The molecule has 0 fully saturated rings. The molecule has 0 aromatic rings. The first-order valence-electron chi connectivity index (χ1n) is 2.87. The van der Waals surface area contributed by atoms with Gasteiger partial charge in [-0.05, 0) is 13.8 Å². The van der Waals surface area contributed by atoms with Crippen molar-refractivity contribution in [3.05, 3.63) is 11.5 Å². The molecule has 0 spiro atoms. The zero-order chi connectivity index (χ0) is 7.94. The molecule has 1 heterocycles. The lowest BCUT2D eigenvalue weighted by Gasteiger charge is -2.15. The van der Waals surface area contributed by atoms with Gasteiger partial charge in [0.15, 0.2) is 17.1 Å². The largest absolute Gasteiger partial charge is 0.506 e. The predicted molar refractivity (Wildman–Crippen MR) is 34.0 cm³/mol. The Balaban J connectivity index is 3.06. The van der Waals surface area contributed by atoms with E-state index in [9.17, 15) is 4.79 Å². The molecule has 4 nitrogen and oxygen atoms in total. The van der Waals surface area contributed by atoms with E-state index in [-0.39, 0.29) is 11.5 Å². The molecular weight excluding hydrogens is 134 g/mol. The number of aliphatic hydroxyl groups is 1. The van der Waals surface area contributed by atoms with Crippen LogP contribution in [0.3, 0.4) is 0 Å². The SMILES string of the molecule is CC1(C)OC(=O)C(N)=C1O. The van der Waals surface area contributed by atoms with Gasteiger partial charge in [0.2, 0.25) is 0 Å². The highest BCUT2D eigenvalue weighted by molar-refractivity contribution is 5.91. The third-order valence-corrected chi connectivity index (χ3v) is 1.39. The number of aliphatic hydroxyl groups excluding tert-OH is 1. The normalized spacial score (nSPS) is 23.2. The lowest BCUT2D eigenvalue weighted by molar-refractivity contribution is -0.145. The number of ether oxygens (including phenoxy) is 1. The van der Waals surface area contributed by atoms with Crippen molar-refractivity contribution in [3.63, 3.8) is 0 Å². The van der Waals surface area contributed by atoms with E-state index in [0.717, 1.165) is 0 Å². The van der Waals surface area contributed by atoms with Crippen LogP contribution in [0.1, 0.15) is 13.8 Å². The van der Waals surface area contributed by atoms with Gasteiger partial charge in [0, 0.05) is 0 Å². The smallest absolute Gasteiger partial charge is 0.358 e. The molecule has 4 heteroatoms. The monoisotopic (exact) mass is 143 g/mol.